The summed E-state index contributed by atoms with van der Waals surface area (Å²) in [7, 11) is 0. The Morgan fingerprint density at radius 1 is 0.638 bits per heavy atom. The van der Waals surface area contributed by atoms with Crippen molar-refractivity contribution >= 4 is 53.4 Å². The molecule has 1 aliphatic rings. The minimum atomic E-state index is -1.88. The number of benzene rings is 2. The van der Waals surface area contributed by atoms with Crippen molar-refractivity contribution in [3.05, 3.63) is 59.7 Å². The number of carboxylic acid groups (broad SMARTS) is 3. The topological polar surface area (TPSA) is 364 Å². The van der Waals surface area contributed by atoms with Gasteiger partial charge in [0.2, 0.25) is 35.4 Å². The summed E-state index contributed by atoms with van der Waals surface area (Å²) in [6, 6.07) is 1.27. The first-order valence-electron chi connectivity index (χ1n) is 17.8. The van der Waals surface area contributed by atoms with E-state index >= 15 is 0 Å². The van der Waals surface area contributed by atoms with Crippen LogP contribution in [0.2, 0.25) is 0 Å². The third-order valence-electron chi connectivity index (χ3n) is 8.86. The van der Waals surface area contributed by atoms with Crippen LogP contribution in [0.5, 0.6) is 11.5 Å². The zero-order valence-corrected chi connectivity index (χ0v) is 30.8. The van der Waals surface area contributed by atoms with Gasteiger partial charge in [-0.2, -0.15) is 0 Å². The number of nitrogens with one attached hydrogen (secondary N) is 5. The van der Waals surface area contributed by atoms with Crippen molar-refractivity contribution in [2.24, 2.45) is 5.73 Å². The van der Waals surface area contributed by atoms with Gasteiger partial charge < -0.3 is 67.9 Å². The molecule has 0 radical (unpaired) electrons. The fourth-order valence-electron chi connectivity index (χ4n) is 5.94. The average Bonchev–Trinajstić information content (AvgIpc) is 3.67. The van der Waals surface area contributed by atoms with Crippen molar-refractivity contribution in [1.82, 2.24) is 31.5 Å². The lowest BCUT2D eigenvalue weighted by Gasteiger charge is -2.30. The van der Waals surface area contributed by atoms with E-state index in [-0.39, 0.29) is 43.7 Å². The third-order valence-corrected chi connectivity index (χ3v) is 8.86. The summed E-state index contributed by atoms with van der Waals surface area (Å²) in [5.74, 6) is -10.9. The number of nitrogens with two attached hydrogens (primary N) is 1. The lowest BCUT2D eigenvalue weighted by Crippen LogP contribution is -2.60. The Hall–Kier alpha value is -6.81. The Kier molecular flexibility index (Phi) is 16.9. The van der Waals surface area contributed by atoms with Crippen LogP contribution >= 0.6 is 0 Å². The van der Waals surface area contributed by atoms with E-state index in [1.165, 1.54) is 48.5 Å². The molecule has 1 aliphatic heterocycles. The summed E-state index contributed by atoms with van der Waals surface area (Å²) in [5.41, 5.74) is 6.23. The van der Waals surface area contributed by atoms with E-state index in [1.54, 1.807) is 0 Å². The van der Waals surface area contributed by atoms with Gasteiger partial charge in [0.15, 0.2) is 0 Å². The van der Waals surface area contributed by atoms with Gasteiger partial charge in [0, 0.05) is 19.4 Å². The lowest BCUT2D eigenvalue weighted by molar-refractivity contribution is -0.148. The summed E-state index contributed by atoms with van der Waals surface area (Å²) in [6.07, 6.45) is -2.22. The van der Waals surface area contributed by atoms with E-state index in [9.17, 15) is 68.7 Å². The minimum Gasteiger partial charge on any atom is -0.508 e. The number of carboxylic acids is 3. The Morgan fingerprint density at radius 2 is 1.09 bits per heavy atom. The van der Waals surface area contributed by atoms with Gasteiger partial charge in [-0.3, -0.25) is 38.4 Å². The van der Waals surface area contributed by atoms with Crippen molar-refractivity contribution in [2.75, 3.05) is 19.7 Å². The first kappa shape index (κ1) is 45.6. The largest absolute Gasteiger partial charge is 0.508 e. The molecule has 13 N–H and O–H groups in total. The standard InChI is InChI=1S/C36H45N7O15/c37-16-28(47)38-22(12-18-3-7-20(45)8-4-18)31(52)42-26(17-44)33(54)40-24(14-29(48)49)35(56)43-11-1-2-27(43)34(55)39-23(13-19-5-9-21(46)10-6-19)32(53)41-25(36(57)58)15-30(50)51/h3-10,22-27,44-46H,1-2,11-17,37H2,(H,38,47)(H,39,55)(H,40,54)(H,41,53)(H,42,52)(H,48,49)(H,50,51)(H,57,58). The number of hydrogen-bond acceptors (Lipinski definition) is 13. The average molecular weight is 816 g/mol. The molecule has 58 heavy (non-hydrogen) atoms. The third kappa shape index (κ3) is 13.7. The Balaban J connectivity index is 1.80. The molecule has 1 heterocycles. The van der Waals surface area contributed by atoms with Gasteiger partial charge in [-0.25, -0.2) is 4.79 Å². The van der Waals surface area contributed by atoms with Crippen molar-refractivity contribution < 1.29 is 73.8 Å². The molecular formula is C36H45N7O15. The van der Waals surface area contributed by atoms with Gasteiger partial charge in [-0.15, -0.1) is 0 Å². The molecule has 22 nitrogen and oxygen atoms in total. The molecular weight excluding hydrogens is 770 g/mol. The van der Waals surface area contributed by atoms with Crippen LogP contribution in [0, 0.1) is 0 Å². The molecule has 6 unspecified atom stereocenters. The second kappa shape index (κ2) is 21.5. The highest BCUT2D eigenvalue weighted by Gasteiger charge is 2.41. The number of nitrogens with zero attached hydrogens (tertiary/aromatic N) is 1. The Morgan fingerprint density at radius 3 is 1.55 bits per heavy atom. The molecule has 6 atom stereocenters. The number of aliphatic carboxylic acids is 3. The summed E-state index contributed by atoms with van der Waals surface area (Å²) in [4.78, 5) is 115. The van der Waals surface area contributed by atoms with E-state index < -0.39 is 116 Å². The number of carbonyl (C=O) groups excluding carboxylic acids is 6. The summed E-state index contributed by atoms with van der Waals surface area (Å²) in [5, 5.41) is 68.8. The highest BCUT2D eigenvalue weighted by Crippen LogP contribution is 2.21. The van der Waals surface area contributed by atoms with Crippen molar-refractivity contribution in [3.63, 3.8) is 0 Å². The predicted octanol–water partition coefficient (Wildman–Crippen LogP) is -3.72. The molecule has 1 saturated heterocycles. The van der Waals surface area contributed by atoms with Crippen molar-refractivity contribution in [3.8, 4) is 11.5 Å². The van der Waals surface area contributed by atoms with E-state index in [0.29, 0.717) is 11.1 Å². The van der Waals surface area contributed by atoms with Crippen LogP contribution in [0.1, 0.15) is 36.8 Å². The van der Waals surface area contributed by atoms with E-state index in [1.807, 2.05) is 0 Å². The number of likely N-dealkylation sites (tertiary alicyclic amines) is 1. The summed E-state index contributed by atoms with van der Waals surface area (Å²) >= 11 is 0. The summed E-state index contributed by atoms with van der Waals surface area (Å²) < 4.78 is 0. The maximum absolute atomic E-state index is 13.8. The number of phenols is 2. The minimum absolute atomic E-state index is 0.00187. The second-order valence-electron chi connectivity index (χ2n) is 13.2. The maximum atomic E-state index is 13.8. The molecule has 0 aliphatic carbocycles. The molecule has 1 fully saturated rings. The SMILES string of the molecule is NCC(=O)NC(Cc1ccc(O)cc1)C(=O)NC(CO)C(=O)NC(CC(=O)O)C(=O)N1CCCC1C(=O)NC(Cc1ccc(O)cc1)C(=O)NC(CC(=O)O)C(=O)O. The van der Waals surface area contributed by atoms with Crippen LogP contribution in [-0.4, -0.2) is 145 Å². The number of amides is 6. The zero-order chi connectivity index (χ0) is 43.1. The highest BCUT2D eigenvalue weighted by atomic mass is 16.4. The molecule has 0 spiro atoms. The molecule has 0 aromatic heterocycles. The zero-order valence-electron chi connectivity index (χ0n) is 30.8. The number of rotatable bonds is 21. The van der Waals surface area contributed by atoms with Crippen molar-refractivity contribution in [1.29, 1.82) is 0 Å². The molecule has 2 aromatic rings. The molecule has 2 aromatic carbocycles. The maximum Gasteiger partial charge on any atom is 0.326 e. The molecule has 0 saturated carbocycles. The number of aromatic hydroxyl groups is 2. The fourth-order valence-corrected chi connectivity index (χ4v) is 5.94. The number of phenolic OH excluding ortho intramolecular Hbond substituents is 2. The monoisotopic (exact) mass is 815 g/mol. The fraction of sp³-hybridized carbons (Fsp3) is 0.417. The number of aliphatic hydroxyl groups excluding tert-OH is 1. The van der Waals surface area contributed by atoms with Crippen LogP contribution in [-0.2, 0) is 56.0 Å². The number of aliphatic hydroxyl groups is 1. The van der Waals surface area contributed by atoms with Crippen LogP contribution in [0.4, 0.5) is 0 Å². The van der Waals surface area contributed by atoms with E-state index in [4.69, 9.17) is 10.8 Å². The van der Waals surface area contributed by atoms with Gasteiger partial charge in [-0.05, 0) is 48.2 Å². The van der Waals surface area contributed by atoms with Gasteiger partial charge in [-0.1, -0.05) is 24.3 Å². The summed E-state index contributed by atoms with van der Waals surface area (Å²) in [6.45, 7) is -1.66. The lowest BCUT2D eigenvalue weighted by atomic mass is 10.0. The van der Waals surface area contributed by atoms with Gasteiger partial charge in [0.05, 0.1) is 26.0 Å². The first-order valence-corrected chi connectivity index (χ1v) is 17.8. The highest BCUT2D eigenvalue weighted by molar-refractivity contribution is 5.98. The van der Waals surface area contributed by atoms with Crippen molar-refractivity contribution in [2.45, 2.75) is 74.8 Å². The second-order valence-corrected chi connectivity index (χ2v) is 13.2. The van der Waals surface area contributed by atoms with Crippen LogP contribution in [0.25, 0.3) is 0 Å². The normalized spacial score (nSPS) is 16.0. The molecule has 6 amide bonds. The molecule has 0 bridgehead atoms. The Labute approximate surface area is 329 Å². The van der Waals surface area contributed by atoms with Gasteiger partial charge in [0.1, 0.15) is 47.8 Å². The van der Waals surface area contributed by atoms with Gasteiger partial charge >= 0.3 is 17.9 Å². The van der Waals surface area contributed by atoms with Crippen LogP contribution in [0.3, 0.4) is 0 Å². The quantitative estimate of drug-likeness (QED) is 0.0576. The predicted molar refractivity (Wildman–Crippen MR) is 196 cm³/mol. The number of carbonyl (C=O) groups is 9. The van der Waals surface area contributed by atoms with E-state index in [0.717, 1.165) is 4.90 Å². The van der Waals surface area contributed by atoms with Gasteiger partial charge in [0.25, 0.3) is 0 Å². The smallest absolute Gasteiger partial charge is 0.326 e. The Bertz CT molecular complexity index is 1840. The molecule has 3 rings (SSSR count). The first-order chi connectivity index (χ1) is 27.4. The number of hydrogen-bond donors (Lipinski definition) is 12. The van der Waals surface area contributed by atoms with Crippen LogP contribution < -0.4 is 32.3 Å². The van der Waals surface area contributed by atoms with E-state index in [2.05, 4.69) is 26.6 Å². The van der Waals surface area contributed by atoms with Crippen LogP contribution in [0.15, 0.2) is 48.5 Å². The molecule has 22 heteroatoms. The molecule has 314 valence electrons.